The molecule has 3 aromatic rings. The summed E-state index contributed by atoms with van der Waals surface area (Å²) in [5.41, 5.74) is 2.82. The first-order valence-electron chi connectivity index (χ1n) is 9.91. The molecule has 1 N–H and O–H groups in total. The Balaban J connectivity index is 1.73. The van der Waals surface area contributed by atoms with Crippen molar-refractivity contribution in [2.24, 2.45) is 4.99 Å². The van der Waals surface area contributed by atoms with Gasteiger partial charge in [0, 0.05) is 29.4 Å². The molecule has 6 heteroatoms. The van der Waals surface area contributed by atoms with E-state index < -0.39 is 0 Å². The molecular weight excluding hydrogens is 398 g/mol. The highest BCUT2D eigenvalue weighted by molar-refractivity contribution is 6.30. The average Bonchev–Trinajstić information content (AvgIpc) is 2.92. The summed E-state index contributed by atoms with van der Waals surface area (Å²) < 4.78 is 6.16. The van der Waals surface area contributed by atoms with Crippen LogP contribution in [0.1, 0.15) is 29.8 Å². The summed E-state index contributed by atoms with van der Waals surface area (Å²) in [7, 11) is 0. The molecule has 0 bridgehead atoms. The minimum atomic E-state index is -0.203. The van der Waals surface area contributed by atoms with Crippen LogP contribution in [-0.2, 0) is 0 Å². The summed E-state index contributed by atoms with van der Waals surface area (Å²) in [6.45, 7) is 5.79. The van der Waals surface area contributed by atoms with E-state index >= 15 is 0 Å². The van der Waals surface area contributed by atoms with Crippen LogP contribution < -0.4 is 10.1 Å². The molecule has 1 aliphatic rings. The van der Waals surface area contributed by atoms with Gasteiger partial charge in [0.1, 0.15) is 17.3 Å². The number of ether oxygens (including phenoxy) is 1. The quantitative estimate of drug-likeness (QED) is 0.554. The number of rotatable bonds is 4. The van der Waals surface area contributed by atoms with Crippen LogP contribution in [0.5, 0.6) is 11.5 Å². The highest BCUT2D eigenvalue weighted by Crippen LogP contribution is 2.38. The van der Waals surface area contributed by atoms with Crippen LogP contribution in [0, 0.1) is 0 Å². The molecule has 152 valence electrons. The summed E-state index contributed by atoms with van der Waals surface area (Å²) in [5.74, 6) is 2.03. The largest absolute Gasteiger partial charge is 0.454 e. The number of halogens is 1. The van der Waals surface area contributed by atoms with Crippen LogP contribution >= 0.6 is 11.6 Å². The van der Waals surface area contributed by atoms with E-state index in [2.05, 4.69) is 24.1 Å². The van der Waals surface area contributed by atoms with Gasteiger partial charge in [-0.05, 0) is 68.4 Å². The van der Waals surface area contributed by atoms with E-state index in [1.54, 1.807) is 24.3 Å². The van der Waals surface area contributed by atoms with Crippen LogP contribution in [0.3, 0.4) is 0 Å². The molecule has 0 unspecified atom stereocenters. The van der Waals surface area contributed by atoms with Gasteiger partial charge in [-0.15, -0.1) is 0 Å². The molecule has 0 radical (unpaired) electrons. The predicted octanol–water partition coefficient (Wildman–Crippen LogP) is 6.12. The molecule has 5 nitrogen and oxygen atoms in total. The normalized spacial score (nSPS) is 12.0. The van der Waals surface area contributed by atoms with Crippen LogP contribution in [0.2, 0.25) is 5.02 Å². The molecule has 0 saturated carbocycles. The van der Waals surface area contributed by atoms with Crippen LogP contribution in [0.25, 0.3) is 0 Å². The lowest BCUT2D eigenvalue weighted by molar-refractivity contribution is 0.102. The fourth-order valence-electron chi connectivity index (χ4n) is 3.37. The third-order valence-electron chi connectivity index (χ3n) is 4.96. The minimum Gasteiger partial charge on any atom is -0.454 e. The van der Waals surface area contributed by atoms with Gasteiger partial charge in [-0.2, -0.15) is 0 Å². The molecule has 1 amide bonds. The van der Waals surface area contributed by atoms with Gasteiger partial charge in [-0.1, -0.05) is 23.7 Å². The van der Waals surface area contributed by atoms with E-state index in [1.165, 1.54) is 0 Å². The van der Waals surface area contributed by atoms with Gasteiger partial charge in [0.05, 0.1) is 5.56 Å². The van der Waals surface area contributed by atoms with Crippen molar-refractivity contribution in [1.82, 2.24) is 4.90 Å². The number of carbonyl (C=O) groups excluding carboxylic acids is 1. The van der Waals surface area contributed by atoms with Crippen molar-refractivity contribution in [3.05, 3.63) is 82.9 Å². The van der Waals surface area contributed by atoms with Crippen molar-refractivity contribution in [3.63, 3.8) is 0 Å². The average molecular weight is 420 g/mol. The summed E-state index contributed by atoms with van der Waals surface area (Å²) in [6, 6.07) is 20.1. The van der Waals surface area contributed by atoms with E-state index in [0.717, 1.165) is 30.2 Å². The van der Waals surface area contributed by atoms with Crippen molar-refractivity contribution >= 4 is 34.7 Å². The zero-order valence-electron chi connectivity index (χ0n) is 16.9. The molecule has 4 rings (SSSR count). The summed E-state index contributed by atoms with van der Waals surface area (Å²) in [4.78, 5) is 19.7. The molecule has 0 atom stereocenters. The molecule has 1 aliphatic heterocycles. The first-order chi connectivity index (χ1) is 14.6. The zero-order valence-corrected chi connectivity index (χ0v) is 17.6. The van der Waals surface area contributed by atoms with Gasteiger partial charge in [0.2, 0.25) is 0 Å². The Morgan fingerprint density at radius 3 is 2.47 bits per heavy atom. The van der Waals surface area contributed by atoms with E-state index in [4.69, 9.17) is 21.3 Å². The Bertz CT molecular complexity index is 1110. The van der Waals surface area contributed by atoms with Crippen molar-refractivity contribution in [2.75, 3.05) is 18.4 Å². The number of hydrogen-bond acceptors (Lipinski definition) is 4. The molecule has 0 aromatic heterocycles. The van der Waals surface area contributed by atoms with Crippen LogP contribution in [0.4, 0.5) is 11.4 Å². The number of para-hydroxylation sites is 2. The van der Waals surface area contributed by atoms with Gasteiger partial charge < -0.3 is 15.0 Å². The predicted molar refractivity (Wildman–Crippen MR) is 121 cm³/mol. The third-order valence-corrected chi connectivity index (χ3v) is 5.21. The standard InChI is InChI=1S/C24H22ClN3O2/c1-3-28(4-2)23-19-15-18(26-24(29)16-9-11-17(25)12-10-16)13-14-21(19)30-22-8-6-5-7-20(22)27-23/h5-15H,3-4H2,1-2H3,(H,26,29). The number of carbonyl (C=O) groups is 1. The zero-order chi connectivity index (χ0) is 21.1. The maximum absolute atomic E-state index is 12.6. The lowest BCUT2D eigenvalue weighted by Gasteiger charge is -2.23. The fraction of sp³-hybridized carbons (Fsp3) is 0.167. The van der Waals surface area contributed by atoms with Gasteiger partial charge in [0.15, 0.2) is 5.75 Å². The lowest BCUT2D eigenvalue weighted by atomic mass is 10.1. The summed E-state index contributed by atoms with van der Waals surface area (Å²) in [6.07, 6.45) is 0. The fourth-order valence-corrected chi connectivity index (χ4v) is 3.49. The van der Waals surface area contributed by atoms with Gasteiger partial charge in [0.25, 0.3) is 5.91 Å². The lowest BCUT2D eigenvalue weighted by Crippen LogP contribution is -2.31. The van der Waals surface area contributed by atoms with Gasteiger partial charge in [-0.3, -0.25) is 4.79 Å². The molecule has 0 saturated heterocycles. The number of benzene rings is 3. The van der Waals surface area contributed by atoms with E-state index in [1.807, 2.05) is 42.5 Å². The van der Waals surface area contributed by atoms with Crippen molar-refractivity contribution in [2.45, 2.75) is 13.8 Å². The minimum absolute atomic E-state index is 0.203. The maximum Gasteiger partial charge on any atom is 0.255 e. The Kier molecular flexibility index (Phi) is 5.72. The van der Waals surface area contributed by atoms with Crippen molar-refractivity contribution in [3.8, 4) is 11.5 Å². The van der Waals surface area contributed by atoms with Crippen molar-refractivity contribution < 1.29 is 9.53 Å². The number of anilines is 1. The SMILES string of the molecule is CCN(CC)C1=Nc2ccccc2Oc2ccc(NC(=O)c3ccc(Cl)cc3)cc21. The van der Waals surface area contributed by atoms with Gasteiger partial charge in [-0.25, -0.2) is 4.99 Å². The van der Waals surface area contributed by atoms with E-state index in [9.17, 15) is 4.79 Å². The molecular formula is C24H22ClN3O2. The third kappa shape index (κ3) is 4.02. The second kappa shape index (κ2) is 8.59. The first kappa shape index (κ1) is 20.0. The molecule has 1 heterocycles. The van der Waals surface area contributed by atoms with Crippen LogP contribution in [0.15, 0.2) is 71.7 Å². The number of fused-ring (bicyclic) bond motifs is 2. The smallest absolute Gasteiger partial charge is 0.255 e. The Hall–Kier alpha value is -3.31. The Morgan fingerprint density at radius 2 is 1.73 bits per heavy atom. The molecule has 30 heavy (non-hydrogen) atoms. The second-order valence-corrected chi connectivity index (χ2v) is 7.29. The maximum atomic E-state index is 12.6. The summed E-state index contributed by atoms with van der Waals surface area (Å²) in [5, 5.41) is 3.54. The van der Waals surface area contributed by atoms with Gasteiger partial charge >= 0.3 is 0 Å². The number of amides is 1. The Labute approximate surface area is 181 Å². The molecule has 3 aromatic carbocycles. The highest BCUT2D eigenvalue weighted by atomic mass is 35.5. The molecule has 0 spiro atoms. The second-order valence-electron chi connectivity index (χ2n) is 6.85. The van der Waals surface area contributed by atoms with Crippen LogP contribution in [-0.4, -0.2) is 29.7 Å². The number of amidine groups is 1. The van der Waals surface area contributed by atoms with E-state index in [-0.39, 0.29) is 5.91 Å². The van der Waals surface area contributed by atoms with Crippen molar-refractivity contribution in [1.29, 1.82) is 0 Å². The monoisotopic (exact) mass is 419 g/mol. The number of nitrogens with one attached hydrogen (secondary N) is 1. The number of aliphatic imine (C=N–C) groups is 1. The number of hydrogen-bond donors (Lipinski definition) is 1. The molecule has 0 fully saturated rings. The highest BCUT2D eigenvalue weighted by Gasteiger charge is 2.22. The summed E-state index contributed by atoms with van der Waals surface area (Å²) >= 11 is 5.92. The van der Waals surface area contributed by atoms with E-state index in [0.29, 0.717) is 27.8 Å². The molecule has 0 aliphatic carbocycles. The Morgan fingerprint density at radius 1 is 1.00 bits per heavy atom. The first-order valence-corrected chi connectivity index (χ1v) is 10.3. The number of nitrogens with zero attached hydrogens (tertiary/aromatic N) is 2. The topological polar surface area (TPSA) is 53.9 Å².